The minimum atomic E-state index is 0.538. The number of nitrogens with one attached hydrogen (secondary N) is 1. The summed E-state index contributed by atoms with van der Waals surface area (Å²) in [6.07, 6.45) is 13.5. The number of hydrogen-bond acceptors (Lipinski definition) is 2. The molecule has 0 aliphatic carbocycles. The molecule has 0 saturated carbocycles. The Labute approximate surface area is 178 Å². The first-order valence-electron chi connectivity index (χ1n) is 10.2. The van der Waals surface area contributed by atoms with Crippen molar-refractivity contribution in [3.05, 3.63) is 28.7 Å². The highest BCUT2D eigenvalue weighted by molar-refractivity contribution is 9.10. The minimum Gasteiger partial charge on any atom is -0.337 e. The van der Waals surface area contributed by atoms with Gasteiger partial charge in [-0.3, -0.25) is 0 Å². The Morgan fingerprint density at radius 1 is 1.19 bits per heavy atom. The van der Waals surface area contributed by atoms with Crippen molar-refractivity contribution in [3.63, 3.8) is 0 Å². The third-order valence-corrected chi connectivity index (χ3v) is 7.07. The number of halogens is 1. The van der Waals surface area contributed by atoms with Crippen molar-refractivity contribution >= 4 is 50.7 Å². The maximum Gasteiger partial charge on any atom is 0.174 e. The minimum absolute atomic E-state index is 0.538. The van der Waals surface area contributed by atoms with Gasteiger partial charge in [0.25, 0.3) is 0 Å². The lowest BCUT2D eigenvalue weighted by molar-refractivity contribution is 0.364. The van der Waals surface area contributed by atoms with Crippen LogP contribution in [0.4, 0.5) is 5.69 Å². The number of unbranched alkanes of at least 4 members (excludes halogenated alkanes) is 7. The lowest BCUT2D eigenvalue weighted by Gasteiger charge is -2.37. The van der Waals surface area contributed by atoms with Crippen LogP contribution in [0.5, 0.6) is 0 Å². The van der Waals surface area contributed by atoms with Gasteiger partial charge in [0, 0.05) is 16.7 Å². The molecule has 1 aromatic rings. The van der Waals surface area contributed by atoms with E-state index in [-0.39, 0.29) is 0 Å². The van der Waals surface area contributed by atoms with Gasteiger partial charge in [0.1, 0.15) is 0 Å². The van der Waals surface area contributed by atoms with Crippen LogP contribution in [0.25, 0.3) is 0 Å². The molecule has 2 nitrogen and oxygen atoms in total. The molecule has 1 aliphatic rings. The summed E-state index contributed by atoms with van der Waals surface area (Å²) in [6.45, 7) is 3.36. The van der Waals surface area contributed by atoms with Gasteiger partial charge in [-0.25, -0.2) is 0 Å². The molecule has 146 valence electrons. The number of thiocarbonyl (C=S) groups is 1. The molecule has 0 amide bonds. The average Bonchev–Trinajstić information content (AvgIpc) is 2.64. The molecule has 1 saturated heterocycles. The highest BCUT2D eigenvalue weighted by Gasteiger charge is 2.24. The van der Waals surface area contributed by atoms with E-state index in [1.54, 1.807) is 0 Å². The molecule has 26 heavy (non-hydrogen) atoms. The van der Waals surface area contributed by atoms with E-state index in [0.717, 1.165) is 21.8 Å². The van der Waals surface area contributed by atoms with Crippen LogP contribution >= 0.6 is 39.9 Å². The summed E-state index contributed by atoms with van der Waals surface area (Å²) in [5.41, 5.74) is 1.06. The highest BCUT2D eigenvalue weighted by Crippen LogP contribution is 2.28. The second-order valence-electron chi connectivity index (χ2n) is 7.08. The van der Waals surface area contributed by atoms with Crippen molar-refractivity contribution in [1.29, 1.82) is 0 Å². The van der Waals surface area contributed by atoms with Crippen LogP contribution < -0.4 is 5.32 Å². The van der Waals surface area contributed by atoms with E-state index in [0.29, 0.717) is 5.37 Å². The lowest BCUT2D eigenvalue weighted by Crippen LogP contribution is -2.44. The van der Waals surface area contributed by atoms with Crippen LogP contribution in [0, 0.1) is 0 Å². The summed E-state index contributed by atoms with van der Waals surface area (Å²) < 4.78 is 1.08. The Morgan fingerprint density at radius 3 is 2.65 bits per heavy atom. The number of hydrogen-bond donors (Lipinski definition) is 1. The zero-order valence-corrected chi connectivity index (χ0v) is 19.2. The molecule has 1 unspecified atom stereocenters. The van der Waals surface area contributed by atoms with E-state index in [2.05, 4.69) is 57.0 Å². The van der Waals surface area contributed by atoms with Gasteiger partial charge in [0.05, 0.1) is 5.37 Å². The number of benzene rings is 1. The van der Waals surface area contributed by atoms with Gasteiger partial charge >= 0.3 is 0 Å². The highest BCUT2D eigenvalue weighted by atomic mass is 79.9. The van der Waals surface area contributed by atoms with Gasteiger partial charge in [-0.2, -0.15) is 0 Å². The fourth-order valence-corrected chi connectivity index (χ4v) is 5.47. The summed E-state index contributed by atoms with van der Waals surface area (Å²) in [5, 5.41) is 4.84. The van der Waals surface area contributed by atoms with E-state index in [9.17, 15) is 0 Å². The molecule has 2 rings (SSSR count). The molecule has 1 aromatic carbocycles. The predicted octanol–water partition coefficient (Wildman–Crippen LogP) is 7.44. The van der Waals surface area contributed by atoms with E-state index in [1.807, 2.05) is 12.1 Å². The maximum absolute atomic E-state index is 5.72. The van der Waals surface area contributed by atoms with Crippen molar-refractivity contribution in [2.75, 3.05) is 17.6 Å². The first-order chi connectivity index (χ1) is 12.7. The second-order valence-corrected chi connectivity index (χ2v) is 9.66. The van der Waals surface area contributed by atoms with Crippen LogP contribution in [0.1, 0.15) is 71.1 Å². The number of anilines is 1. The molecule has 0 aromatic heterocycles. The van der Waals surface area contributed by atoms with E-state index in [1.165, 1.54) is 70.0 Å². The number of thioether (sulfide) groups is 1. The van der Waals surface area contributed by atoms with Crippen molar-refractivity contribution in [2.24, 2.45) is 0 Å². The quantitative estimate of drug-likeness (QED) is 0.290. The van der Waals surface area contributed by atoms with Crippen molar-refractivity contribution in [3.8, 4) is 0 Å². The van der Waals surface area contributed by atoms with E-state index in [4.69, 9.17) is 12.2 Å². The topological polar surface area (TPSA) is 15.3 Å². The summed E-state index contributed by atoms with van der Waals surface area (Å²) in [7, 11) is 0. The van der Waals surface area contributed by atoms with Gasteiger partial charge < -0.3 is 10.2 Å². The Bertz CT molecular complexity index is 538. The Morgan fingerprint density at radius 2 is 1.92 bits per heavy atom. The smallest absolute Gasteiger partial charge is 0.174 e. The van der Waals surface area contributed by atoms with Gasteiger partial charge in [0.15, 0.2) is 5.11 Å². The summed E-state index contributed by atoms with van der Waals surface area (Å²) in [5.74, 6) is 1.26. The molecule has 5 heteroatoms. The summed E-state index contributed by atoms with van der Waals surface area (Å²) in [6, 6.07) is 8.23. The SMILES string of the molecule is CCCCCCCCCCC1SCCCN1C(=S)Nc1cccc(Br)c1. The van der Waals surface area contributed by atoms with E-state index >= 15 is 0 Å². The Hall–Kier alpha value is -0.260. The summed E-state index contributed by atoms with van der Waals surface area (Å²) in [4.78, 5) is 2.41. The van der Waals surface area contributed by atoms with Gasteiger partial charge in [0.2, 0.25) is 0 Å². The first-order valence-corrected chi connectivity index (χ1v) is 12.4. The maximum atomic E-state index is 5.72. The predicted molar refractivity (Wildman–Crippen MR) is 125 cm³/mol. The number of rotatable bonds is 10. The van der Waals surface area contributed by atoms with E-state index < -0.39 is 0 Å². The van der Waals surface area contributed by atoms with Crippen LogP contribution in [0.2, 0.25) is 0 Å². The molecule has 1 atom stereocenters. The van der Waals surface area contributed by atoms with Crippen LogP contribution in [0.3, 0.4) is 0 Å². The van der Waals surface area contributed by atoms with Gasteiger partial charge in [-0.05, 0) is 49.0 Å². The Balaban J connectivity index is 1.71. The first kappa shape index (κ1) is 22.0. The standard InChI is InChI=1S/C21H33BrN2S2/c1-2-3-4-5-6-7-8-9-14-20-24(15-11-16-26-20)21(25)23-19-13-10-12-18(22)17-19/h10,12-13,17,20H,2-9,11,14-16H2,1H3,(H,23,25). The normalized spacial score (nSPS) is 17.3. The molecule has 1 N–H and O–H groups in total. The van der Waals surface area contributed by atoms with Crippen LogP contribution in [-0.4, -0.2) is 27.7 Å². The van der Waals surface area contributed by atoms with Gasteiger partial charge in [-0.15, -0.1) is 11.8 Å². The average molecular weight is 458 g/mol. The fraction of sp³-hybridized carbons (Fsp3) is 0.667. The molecular formula is C21H33BrN2S2. The second kappa shape index (κ2) is 13.0. The molecule has 0 radical (unpaired) electrons. The van der Waals surface area contributed by atoms with Crippen molar-refractivity contribution in [2.45, 2.75) is 76.5 Å². The third kappa shape index (κ3) is 8.18. The molecular weight excluding hydrogens is 424 g/mol. The zero-order valence-electron chi connectivity index (χ0n) is 16.0. The fourth-order valence-electron chi connectivity index (χ4n) is 3.37. The monoisotopic (exact) mass is 456 g/mol. The van der Waals surface area contributed by atoms with Crippen LogP contribution in [0.15, 0.2) is 28.7 Å². The summed E-state index contributed by atoms with van der Waals surface area (Å²) >= 11 is 11.3. The molecule has 1 fully saturated rings. The number of nitrogens with zero attached hydrogens (tertiary/aromatic N) is 1. The molecule has 0 bridgehead atoms. The molecule has 1 aliphatic heterocycles. The van der Waals surface area contributed by atoms with Crippen molar-refractivity contribution in [1.82, 2.24) is 4.90 Å². The van der Waals surface area contributed by atoms with Crippen molar-refractivity contribution < 1.29 is 0 Å². The lowest BCUT2D eigenvalue weighted by atomic mass is 10.1. The largest absolute Gasteiger partial charge is 0.337 e. The van der Waals surface area contributed by atoms with Crippen LogP contribution in [-0.2, 0) is 0 Å². The zero-order chi connectivity index (χ0) is 18.6. The van der Waals surface area contributed by atoms with Gasteiger partial charge in [-0.1, -0.05) is 80.3 Å². The third-order valence-electron chi connectivity index (χ3n) is 4.84. The molecule has 0 spiro atoms. The molecule has 1 heterocycles. The Kier molecular flexibility index (Phi) is 11.0.